The van der Waals surface area contributed by atoms with Crippen molar-refractivity contribution in [3.05, 3.63) is 131 Å². The monoisotopic (exact) mass is 662 g/mol. The molecule has 0 aliphatic carbocycles. The van der Waals surface area contributed by atoms with E-state index in [1.54, 1.807) is 24.3 Å². The number of hydrogen-bond acceptors (Lipinski definition) is 5. The zero-order valence-corrected chi connectivity index (χ0v) is 27.7. The van der Waals surface area contributed by atoms with Crippen LogP contribution in [0.3, 0.4) is 0 Å². The predicted octanol–water partition coefficient (Wildman–Crippen LogP) is 6.88. The van der Waals surface area contributed by atoms with Crippen molar-refractivity contribution in [1.82, 2.24) is 15.1 Å². The van der Waals surface area contributed by atoms with Gasteiger partial charge in [-0.1, -0.05) is 78.3 Å². The SMILES string of the molecule is CC(c1cccc(-c2ccccc2C(=O)NCCN)c1)N(C(=O)Cc1ccc(Cl)cc1)C1CCN(C(=O)c2cc3ccccc3o2)CC1. The number of para-hydroxylation sites is 1. The van der Waals surface area contributed by atoms with Crippen molar-refractivity contribution in [3.8, 4) is 11.1 Å². The lowest BCUT2D eigenvalue weighted by atomic mass is 9.93. The third-order valence-electron chi connectivity index (χ3n) is 9.04. The summed E-state index contributed by atoms with van der Waals surface area (Å²) < 4.78 is 5.86. The molecule has 4 aromatic carbocycles. The lowest BCUT2D eigenvalue weighted by Gasteiger charge is -2.41. The number of nitrogens with one attached hydrogen (secondary N) is 1. The van der Waals surface area contributed by atoms with Gasteiger partial charge < -0.3 is 25.3 Å². The lowest BCUT2D eigenvalue weighted by molar-refractivity contribution is -0.136. The number of halogens is 1. The summed E-state index contributed by atoms with van der Waals surface area (Å²) in [5.41, 5.74) is 10.4. The van der Waals surface area contributed by atoms with Gasteiger partial charge in [0, 0.05) is 48.2 Å². The van der Waals surface area contributed by atoms with E-state index >= 15 is 0 Å². The second kappa shape index (κ2) is 14.9. The van der Waals surface area contributed by atoms with Crippen LogP contribution in [-0.2, 0) is 11.2 Å². The number of carbonyl (C=O) groups is 3. The van der Waals surface area contributed by atoms with Gasteiger partial charge in [0.15, 0.2) is 5.76 Å². The summed E-state index contributed by atoms with van der Waals surface area (Å²) in [5, 5.41) is 4.38. The largest absolute Gasteiger partial charge is 0.451 e. The second-order valence-corrected chi connectivity index (χ2v) is 12.6. The standard InChI is InChI=1S/C39H39ClN4O4/c1-26(28-8-6-9-29(24-28)33-10-3-4-11-34(33)38(46)42-20-19-41)44(37(45)23-27-13-15-31(40)16-14-27)32-17-21-43(22-18-32)39(47)36-25-30-7-2-5-12-35(30)48-36/h2-16,24-26,32H,17-23,41H2,1H3,(H,42,46). The number of furan rings is 1. The molecule has 0 spiro atoms. The van der Waals surface area contributed by atoms with E-state index in [2.05, 4.69) is 11.4 Å². The first-order chi connectivity index (χ1) is 23.3. The molecule has 3 N–H and O–H groups in total. The number of fused-ring (bicyclic) bond motifs is 1. The fourth-order valence-electron chi connectivity index (χ4n) is 6.53. The molecule has 8 nitrogen and oxygen atoms in total. The van der Waals surface area contributed by atoms with Crippen molar-refractivity contribution >= 4 is 40.3 Å². The molecule has 1 aliphatic heterocycles. The number of rotatable bonds is 10. The Kier molecular flexibility index (Phi) is 10.2. The summed E-state index contributed by atoms with van der Waals surface area (Å²) in [5.74, 6) is 0.00294. The summed E-state index contributed by atoms with van der Waals surface area (Å²) >= 11 is 6.13. The van der Waals surface area contributed by atoms with Crippen LogP contribution in [0, 0.1) is 0 Å². The quantitative estimate of drug-likeness (QED) is 0.170. The predicted molar refractivity (Wildman–Crippen MR) is 189 cm³/mol. The highest BCUT2D eigenvalue weighted by Gasteiger charge is 2.34. The summed E-state index contributed by atoms with van der Waals surface area (Å²) in [7, 11) is 0. The molecule has 1 saturated heterocycles. The van der Waals surface area contributed by atoms with E-state index in [-0.39, 0.29) is 36.2 Å². The zero-order valence-electron chi connectivity index (χ0n) is 26.9. The summed E-state index contributed by atoms with van der Waals surface area (Å²) in [4.78, 5) is 44.4. The number of carbonyl (C=O) groups excluding carboxylic acids is 3. The molecule has 1 atom stereocenters. The van der Waals surface area contributed by atoms with Crippen LogP contribution in [0.5, 0.6) is 0 Å². The fraction of sp³-hybridized carbons (Fsp3) is 0.256. The van der Waals surface area contributed by atoms with E-state index < -0.39 is 0 Å². The van der Waals surface area contributed by atoms with Crippen molar-refractivity contribution in [1.29, 1.82) is 0 Å². The Balaban J connectivity index is 1.25. The molecule has 1 fully saturated rings. The number of hydrogen-bond donors (Lipinski definition) is 2. The topological polar surface area (TPSA) is 109 Å². The van der Waals surface area contributed by atoms with Crippen LogP contribution < -0.4 is 11.1 Å². The van der Waals surface area contributed by atoms with Gasteiger partial charge in [-0.3, -0.25) is 14.4 Å². The highest BCUT2D eigenvalue weighted by Crippen LogP contribution is 2.33. The maximum Gasteiger partial charge on any atom is 0.289 e. The number of amides is 3. The summed E-state index contributed by atoms with van der Waals surface area (Å²) in [6, 6.07) is 31.9. The Hall–Kier alpha value is -4.92. The molecule has 246 valence electrons. The van der Waals surface area contributed by atoms with Crippen LogP contribution in [0.2, 0.25) is 5.02 Å². The third kappa shape index (κ3) is 7.30. The molecule has 9 heteroatoms. The van der Waals surface area contributed by atoms with Crippen molar-refractivity contribution in [2.24, 2.45) is 5.73 Å². The Morgan fingerprint density at radius 3 is 2.42 bits per heavy atom. The van der Waals surface area contributed by atoms with Crippen LogP contribution in [0.25, 0.3) is 22.1 Å². The molecule has 6 rings (SSSR count). The second-order valence-electron chi connectivity index (χ2n) is 12.2. The molecular weight excluding hydrogens is 624 g/mol. The molecule has 3 amide bonds. The maximum atomic E-state index is 14.2. The normalized spacial score (nSPS) is 14.1. The summed E-state index contributed by atoms with van der Waals surface area (Å²) in [6.45, 7) is 3.79. The number of piperidine rings is 1. The Morgan fingerprint density at radius 2 is 1.67 bits per heavy atom. The molecular formula is C39H39ClN4O4. The van der Waals surface area contributed by atoms with Gasteiger partial charge in [0.1, 0.15) is 5.58 Å². The smallest absolute Gasteiger partial charge is 0.289 e. The number of nitrogens with zero attached hydrogens (tertiary/aromatic N) is 2. The van der Waals surface area contributed by atoms with Crippen LogP contribution in [0.4, 0.5) is 0 Å². The van der Waals surface area contributed by atoms with Gasteiger partial charge in [0.2, 0.25) is 5.91 Å². The molecule has 1 aliphatic rings. The lowest BCUT2D eigenvalue weighted by Crippen LogP contribution is -2.50. The van der Waals surface area contributed by atoms with Crippen LogP contribution in [0.15, 0.2) is 108 Å². The fourth-order valence-corrected chi connectivity index (χ4v) is 6.66. The molecule has 0 saturated carbocycles. The number of nitrogens with two attached hydrogens (primary N) is 1. The Labute approximate surface area is 285 Å². The molecule has 0 radical (unpaired) electrons. The molecule has 5 aromatic rings. The first-order valence-corrected chi connectivity index (χ1v) is 16.7. The minimum absolute atomic E-state index is 0.00107. The maximum absolute atomic E-state index is 14.2. The van der Waals surface area contributed by atoms with Gasteiger partial charge in [-0.25, -0.2) is 0 Å². The molecule has 2 heterocycles. The third-order valence-corrected chi connectivity index (χ3v) is 9.29. The van der Waals surface area contributed by atoms with Crippen molar-refractivity contribution in [3.63, 3.8) is 0 Å². The molecule has 48 heavy (non-hydrogen) atoms. The van der Waals surface area contributed by atoms with E-state index in [4.69, 9.17) is 21.8 Å². The highest BCUT2D eigenvalue weighted by atomic mass is 35.5. The van der Waals surface area contributed by atoms with Crippen LogP contribution in [0.1, 0.15) is 57.8 Å². The van der Waals surface area contributed by atoms with E-state index in [0.29, 0.717) is 61.0 Å². The van der Waals surface area contributed by atoms with Gasteiger partial charge in [0.25, 0.3) is 11.8 Å². The van der Waals surface area contributed by atoms with Gasteiger partial charge in [-0.2, -0.15) is 0 Å². The molecule has 1 unspecified atom stereocenters. The minimum atomic E-state index is -0.273. The van der Waals surface area contributed by atoms with Crippen molar-refractivity contribution in [2.45, 2.75) is 38.3 Å². The van der Waals surface area contributed by atoms with E-state index in [9.17, 15) is 14.4 Å². The van der Waals surface area contributed by atoms with Gasteiger partial charge in [0.05, 0.1) is 12.5 Å². The van der Waals surface area contributed by atoms with Crippen LogP contribution >= 0.6 is 11.6 Å². The van der Waals surface area contributed by atoms with Crippen LogP contribution in [-0.4, -0.2) is 59.7 Å². The Bertz CT molecular complexity index is 1880. The summed E-state index contributed by atoms with van der Waals surface area (Å²) in [6.07, 6.45) is 1.49. The first kappa shape index (κ1) is 33.0. The average molecular weight is 663 g/mol. The zero-order chi connectivity index (χ0) is 33.6. The highest BCUT2D eigenvalue weighted by molar-refractivity contribution is 6.30. The first-order valence-electron chi connectivity index (χ1n) is 16.3. The van der Waals surface area contributed by atoms with Crippen molar-refractivity contribution < 1.29 is 18.8 Å². The van der Waals surface area contributed by atoms with E-state index in [0.717, 1.165) is 27.6 Å². The van der Waals surface area contributed by atoms with E-state index in [1.165, 1.54) is 0 Å². The Morgan fingerprint density at radius 1 is 0.938 bits per heavy atom. The minimum Gasteiger partial charge on any atom is -0.451 e. The van der Waals surface area contributed by atoms with Gasteiger partial charge in [-0.15, -0.1) is 0 Å². The molecule has 1 aromatic heterocycles. The van der Waals surface area contributed by atoms with Crippen molar-refractivity contribution in [2.75, 3.05) is 26.2 Å². The van der Waals surface area contributed by atoms with E-state index in [1.807, 2.05) is 89.5 Å². The number of likely N-dealkylation sites (tertiary alicyclic amines) is 1. The molecule has 0 bridgehead atoms. The number of benzene rings is 4. The average Bonchev–Trinajstić information content (AvgIpc) is 3.56. The van der Waals surface area contributed by atoms with Gasteiger partial charge in [-0.05, 0) is 78.4 Å². The van der Waals surface area contributed by atoms with Gasteiger partial charge >= 0.3 is 0 Å².